The summed E-state index contributed by atoms with van der Waals surface area (Å²) in [4.78, 5) is 0. The monoisotopic (exact) mass is 310 g/mol. The summed E-state index contributed by atoms with van der Waals surface area (Å²) in [5.41, 5.74) is 3.55. The lowest BCUT2D eigenvalue weighted by molar-refractivity contribution is 0.0859. The number of aliphatic hydroxyl groups is 1. The van der Waals surface area contributed by atoms with E-state index in [1.807, 2.05) is 0 Å². The molecule has 21 heavy (non-hydrogen) atoms. The Labute approximate surface area is 128 Å². The lowest BCUT2D eigenvalue weighted by Gasteiger charge is -2.31. The summed E-state index contributed by atoms with van der Waals surface area (Å²) in [5.74, 6) is 0.0966. The average molecular weight is 310 g/mol. The molecule has 0 bridgehead atoms. The van der Waals surface area contributed by atoms with Crippen LogP contribution in [0.1, 0.15) is 42.4 Å². The Balaban J connectivity index is 2.04. The van der Waals surface area contributed by atoms with Crippen molar-refractivity contribution in [3.63, 3.8) is 0 Å². The number of sulfone groups is 1. The Morgan fingerprint density at radius 3 is 2.38 bits per heavy atom. The number of aliphatic hydroxyl groups excluding tert-OH is 1. The lowest BCUT2D eigenvalue weighted by atomic mass is 9.82. The van der Waals surface area contributed by atoms with Crippen LogP contribution >= 0.6 is 0 Å². The van der Waals surface area contributed by atoms with Gasteiger partial charge in [-0.25, -0.2) is 8.42 Å². The van der Waals surface area contributed by atoms with Crippen molar-refractivity contribution >= 4 is 9.84 Å². The van der Waals surface area contributed by atoms with E-state index in [9.17, 15) is 13.5 Å². The third-order valence-corrected chi connectivity index (χ3v) is 6.18. The Morgan fingerprint density at radius 1 is 1.19 bits per heavy atom. The first-order valence-corrected chi connectivity index (χ1v) is 9.65. The van der Waals surface area contributed by atoms with Crippen LogP contribution < -0.4 is 0 Å². The summed E-state index contributed by atoms with van der Waals surface area (Å²) in [5, 5.41) is 10.2. The van der Waals surface area contributed by atoms with Crippen molar-refractivity contribution in [2.24, 2.45) is 5.92 Å². The molecule has 1 N–H and O–H groups in total. The van der Waals surface area contributed by atoms with Gasteiger partial charge in [0.1, 0.15) is 9.84 Å². The summed E-state index contributed by atoms with van der Waals surface area (Å²) in [6.45, 7) is 4.12. The fourth-order valence-electron chi connectivity index (χ4n) is 3.51. The van der Waals surface area contributed by atoms with Crippen LogP contribution in [-0.2, 0) is 16.3 Å². The summed E-state index contributed by atoms with van der Waals surface area (Å²) >= 11 is 0. The lowest BCUT2D eigenvalue weighted by Crippen LogP contribution is -2.34. The molecule has 0 aliphatic heterocycles. The molecular weight excluding hydrogens is 284 g/mol. The fraction of sp³-hybridized carbons (Fsp3) is 0.647. The third kappa shape index (κ3) is 4.55. The topological polar surface area (TPSA) is 54.4 Å². The molecular formula is C17H26O3S. The Morgan fingerprint density at radius 2 is 1.81 bits per heavy atom. The largest absolute Gasteiger partial charge is 0.392 e. The van der Waals surface area contributed by atoms with Crippen LogP contribution in [0.3, 0.4) is 0 Å². The summed E-state index contributed by atoms with van der Waals surface area (Å²) in [7, 11) is -2.99. The number of hydrogen-bond acceptors (Lipinski definition) is 3. The molecule has 0 radical (unpaired) electrons. The Hall–Kier alpha value is -0.870. The molecule has 118 valence electrons. The molecule has 1 aliphatic rings. The minimum Gasteiger partial charge on any atom is -0.392 e. The molecule has 3 unspecified atom stereocenters. The molecule has 4 heteroatoms. The number of benzene rings is 1. The van der Waals surface area contributed by atoms with E-state index in [0.29, 0.717) is 12.8 Å². The minimum absolute atomic E-state index is 0.0966. The summed E-state index contributed by atoms with van der Waals surface area (Å²) < 4.78 is 23.4. The molecule has 0 amide bonds. The molecule has 2 rings (SSSR count). The highest BCUT2D eigenvalue weighted by molar-refractivity contribution is 7.91. The van der Waals surface area contributed by atoms with Crippen molar-refractivity contribution in [1.82, 2.24) is 0 Å². The Bertz CT molecular complexity index is 572. The minimum atomic E-state index is -2.99. The van der Waals surface area contributed by atoms with Gasteiger partial charge in [0.25, 0.3) is 0 Å². The van der Waals surface area contributed by atoms with E-state index >= 15 is 0 Å². The van der Waals surface area contributed by atoms with Crippen molar-refractivity contribution in [3.8, 4) is 0 Å². The van der Waals surface area contributed by atoms with Crippen molar-refractivity contribution < 1.29 is 13.5 Å². The third-order valence-electron chi connectivity index (χ3n) is 4.54. The van der Waals surface area contributed by atoms with E-state index in [4.69, 9.17) is 0 Å². The van der Waals surface area contributed by atoms with Crippen molar-refractivity contribution in [2.75, 3.05) is 6.26 Å². The molecule has 0 heterocycles. The van der Waals surface area contributed by atoms with Gasteiger partial charge in [-0.05, 0) is 51.0 Å². The van der Waals surface area contributed by atoms with Crippen LogP contribution in [0.5, 0.6) is 0 Å². The van der Waals surface area contributed by atoms with Gasteiger partial charge in [0, 0.05) is 6.26 Å². The quantitative estimate of drug-likeness (QED) is 0.930. The van der Waals surface area contributed by atoms with E-state index in [1.54, 1.807) is 0 Å². The smallest absolute Gasteiger partial charge is 0.150 e. The van der Waals surface area contributed by atoms with Crippen LogP contribution in [0.25, 0.3) is 0 Å². The maximum absolute atomic E-state index is 11.7. The van der Waals surface area contributed by atoms with Crippen molar-refractivity contribution in [3.05, 3.63) is 34.9 Å². The van der Waals surface area contributed by atoms with Crippen LogP contribution in [0.4, 0.5) is 0 Å². The molecule has 3 atom stereocenters. The fourth-order valence-corrected chi connectivity index (χ4v) is 4.71. The van der Waals surface area contributed by atoms with Crippen LogP contribution in [0.2, 0.25) is 0 Å². The molecule has 1 saturated carbocycles. The van der Waals surface area contributed by atoms with Gasteiger partial charge in [0.2, 0.25) is 0 Å². The maximum atomic E-state index is 11.7. The molecule has 1 fully saturated rings. The summed E-state index contributed by atoms with van der Waals surface area (Å²) in [6.07, 6.45) is 4.65. The van der Waals surface area contributed by atoms with Gasteiger partial charge in [-0.3, -0.25) is 0 Å². The van der Waals surface area contributed by atoms with Gasteiger partial charge in [-0.15, -0.1) is 0 Å². The number of rotatable bonds is 4. The van der Waals surface area contributed by atoms with E-state index in [2.05, 4.69) is 32.0 Å². The second kappa shape index (κ2) is 6.49. The second-order valence-corrected chi connectivity index (χ2v) is 8.97. The Kier molecular flexibility index (Phi) is 5.10. The van der Waals surface area contributed by atoms with Gasteiger partial charge >= 0.3 is 0 Å². The zero-order valence-corrected chi connectivity index (χ0v) is 14.0. The molecule has 0 spiro atoms. The number of hydrogen-bond donors (Lipinski definition) is 1. The first-order chi connectivity index (χ1) is 9.75. The van der Waals surface area contributed by atoms with E-state index in [0.717, 1.165) is 24.8 Å². The van der Waals surface area contributed by atoms with Gasteiger partial charge in [-0.2, -0.15) is 0 Å². The normalized spacial score (nSPS) is 24.8. The standard InChI is InChI=1S/C17H26O3S/c1-12-7-13(2)9-14(8-12)10-17(18)15-5-4-6-16(11-15)21(3,19)20/h7-9,15-18H,4-6,10-11H2,1-3H3. The van der Waals surface area contributed by atoms with Gasteiger partial charge in [0.15, 0.2) is 0 Å². The SMILES string of the molecule is Cc1cc(C)cc(CC(O)C2CCCC(S(C)(=O)=O)C2)c1. The molecule has 1 aromatic carbocycles. The van der Waals surface area contributed by atoms with Gasteiger partial charge in [0.05, 0.1) is 11.4 Å². The van der Waals surface area contributed by atoms with Crippen LogP contribution in [-0.4, -0.2) is 31.1 Å². The molecule has 0 aromatic heterocycles. The van der Waals surface area contributed by atoms with Gasteiger partial charge < -0.3 is 5.11 Å². The predicted octanol–water partition coefficient (Wildman–Crippen LogP) is 2.81. The first kappa shape index (κ1) is 16.5. The van der Waals surface area contributed by atoms with Crippen molar-refractivity contribution in [1.29, 1.82) is 0 Å². The predicted molar refractivity (Wildman–Crippen MR) is 86.2 cm³/mol. The highest BCUT2D eigenvalue weighted by Gasteiger charge is 2.32. The molecule has 1 aliphatic carbocycles. The van der Waals surface area contributed by atoms with Crippen LogP contribution in [0, 0.1) is 19.8 Å². The maximum Gasteiger partial charge on any atom is 0.150 e. The molecule has 3 nitrogen and oxygen atoms in total. The van der Waals surface area contributed by atoms with Crippen LogP contribution in [0.15, 0.2) is 18.2 Å². The van der Waals surface area contributed by atoms with Crippen molar-refractivity contribution in [2.45, 2.75) is 57.3 Å². The summed E-state index contributed by atoms with van der Waals surface area (Å²) in [6, 6.07) is 6.33. The van der Waals surface area contributed by atoms with E-state index < -0.39 is 15.9 Å². The number of aryl methyl sites for hydroxylation is 2. The molecule has 1 aromatic rings. The highest BCUT2D eigenvalue weighted by atomic mass is 32.2. The second-order valence-electron chi connectivity index (χ2n) is 6.65. The first-order valence-electron chi connectivity index (χ1n) is 7.70. The highest BCUT2D eigenvalue weighted by Crippen LogP contribution is 2.31. The zero-order valence-electron chi connectivity index (χ0n) is 13.2. The molecule has 0 saturated heterocycles. The average Bonchev–Trinajstić information content (AvgIpc) is 2.36. The van der Waals surface area contributed by atoms with E-state index in [-0.39, 0.29) is 11.2 Å². The van der Waals surface area contributed by atoms with Gasteiger partial charge in [-0.1, -0.05) is 35.7 Å². The van der Waals surface area contributed by atoms with E-state index in [1.165, 1.54) is 17.4 Å². The zero-order chi connectivity index (χ0) is 15.6.